The first-order valence-corrected chi connectivity index (χ1v) is 39.7. The zero-order chi connectivity index (χ0) is 67.3. The fourth-order valence-corrected chi connectivity index (χ4v) is 11.9. The second-order valence-corrected chi connectivity index (χ2v) is 29.4. The Kier molecular flexibility index (Phi) is 60.7. The molecule has 0 aliphatic carbocycles. The van der Waals surface area contributed by atoms with Gasteiger partial charge in [-0.3, -0.25) is 37.3 Å². The molecule has 6 atom stereocenters. The van der Waals surface area contributed by atoms with Crippen LogP contribution in [0.2, 0.25) is 0 Å². The number of aliphatic hydroxyl groups excluding tert-OH is 1. The number of hydrogen-bond donors (Lipinski definition) is 3. The first-order chi connectivity index (χ1) is 43.8. The van der Waals surface area contributed by atoms with Crippen molar-refractivity contribution in [3.8, 4) is 0 Å². The van der Waals surface area contributed by atoms with E-state index in [1.165, 1.54) is 122 Å². The van der Waals surface area contributed by atoms with Gasteiger partial charge < -0.3 is 33.8 Å². The summed E-state index contributed by atoms with van der Waals surface area (Å²) in [7, 11) is -9.92. The van der Waals surface area contributed by atoms with Crippen LogP contribution in [0.4, 0.5) is 0 Å². The minimum atomic E-state index is -4.96. The molecule has 0 aromatic carbocycles. The third-order valence-corrected chi connectivity index (χ3v) is 18.3. The van der Waals surface area contributed by atoms with Crippen molar-refractivity contribution in [2.45, 2.75) is 356 Å². The first kappa shape index (κ1) is 88.5. The van der Waals surface area contributed by atoms with Crippen LogP contribution in [0, 0.1) is 17.8 Å². The van der Waals surface area contributed by atoms with Crippen molar-refractivity contribution in [3.05, 3.63) is 24.3 Å². The fourth-order valence-electron chi connectivity index (χ4n) is 10.3. The number of allylic oxidation sites excluding steroid dienone is 4. The smallest absolute Gasteiger partial charge is 0.462 e. The van der Waals surface area contributed by atoms with Crippen LogP contribution in [-0.2, 0) is 65.4 Å². The van der Waals surface area contributed by atoms with Crippen molar-refractivity contribution in [2.75, 3.05) is 39.6 Å². The number of phosphoric ester groups is 2. The molecule has 0 heterocycles. The number of phosphoric acid groups is 2. The van der Waals surface area contributed by atoms with E-state index in [0.717, 1.165) is 127 Å². The lowest BCUT2D eigenvalue weighted by Crippen LogP contribution is -2.30. The molecule has 0 bridgehead atoms. The standard InChI is InChI=1S/C72H136O17P2/c1-8-10-11-12-13-14-15-16-17-20-23-26-31-39-46-53-69(74)82-59-67(88-71(76)55-48-41-32-27-24-21-18-19-22-25-29-36-43-50-63(3)4)61-86-90(78,79)84-57-66(73)58-85-91(80,81)87-62-68(89-72(77)56-49-42-35-34-38-45-52-65(7)9-2)60-83-70(75)54-47-40-33-28-30-37-44-51-64(5)6/h14-17,63-68,73H,8-13,18-62H2,1-7H3,(H,78,79)(H,80,81)/b15-14-,17-16-/t65?,66?,67-,68-/m1/s1. The molecule has 0 saturated carbocycles. The van der Waals surface area contributed by atoms with E-state index in [-0.39, 0.29) is 25.7 Å². The third-order valence-electron chi connectivity index (χ3n) is 16.4. The molecule has 0 rings (SSSR count). The zero-order valence-corrected chi connectivity index (χ0v) is 60.6. The molecule has 0 saturated heterocycles. The molecule has 0 aromatic rings. The van der Waals surface area contributed by atoms with Gasteiger partial charge in [-0.05, 0) is 69.1 Å². The number of aliphatic hydroxyl groups is 1. The van der Waals surface area contributed by atoms with Crippen molar-refractivity contribution in [1.29, 1.82) is 0 Å². The number of carbonyl (C=O) groups excluding carboxylic acids is 4. The molecule has 0 aliphatic rings. The number of hydrogen-bond acceptors (Lipinski definition) is 15. The van der Waals surface area contributed by atoms with Gasteiger partial charge in [0.1, 0.15) is 19.3 Å². The first-order valence-electron chi connectivity index (χ1n) is 36.7. The number of rotatable bonds is 68. The molecule has 0 radical (unpaired) electrons. The van der Waals surface area contributed by atoms with Gasteiger partial charge in [-0.25, -0.2) is 9.13 Å². The number of carbonyl (C=O) groups is 4. The highest BCUT2D eigenvalue weighted by molar-refractivity contribution is 7.47. The maximum absolute atomic E-state index is 13.0. The molecule has 0 aliphatic heterocycles. The van der Waals surface area contributed by atoms with Gasteiger partial charge >= 0.3 is 39.5 Å². The largest absolute Gasteiger partial charge is 0.472 e. The predicted octanol–water partition coefficient (Wildman–Crippen LogP) is 20.2. The molecular formula is C72H136O17P2. The quantitative estimate of drug-likeness (QED) is 0.0169. The Balaban J connectivity index is 5.28. The Morgan fingerprint density at radius 3 is 0.978 bits per heavy atom. The van der Waals surface area contributed by atoms with E-state index in [2.05, 4.69) is 72.8 Å². The average molecular weight is 1340 g/mol. The molecule has 91 heavy (non-hydrogen) atoms. The van der Waals surface area contributed by atoms with Gasteiger partial charge in [0.15, 0.2) is 12.2 Å². The Morgan fingerprint density at radius 2 is 0.648 bits per heavy atom. The van der Waals surface area contributed by atoms with E-state index >= 15 is 0 Å². The molecule has 0 amide bonds. The van der Waals surface area contributed by atoms with E-state index in [4.69, 9.17) is 37.0 Å². The molecule has 19 heteroatoms. The number of ether oxygens (including phenoxy) is 4. The van der Waals surface area contributed by atoms with Gasteiger partial charge in [0.05, 0.1) is 26.4 Å². The summed E-state index contributed by atoms with van der Waals surface area (Å²) >= 11 is 0. The molecule has 0 fully saturated rings. The van der Waals surface area contributed by atoms with E-state index in [9.17, 15) is 43.2 Å². The Bertz CT molecular complexity index is 1880. The van der Waals surface area contributed by atoms with Crippen molar-refractivity contribution >= 4 is 39.5 Å². The summed E-state index contributed by atoms with van der Waals surface area (Å²) in [5, 5.41) is 10.6. The van der Waals surface area contributed by atoms with Gasteiger partial charge in [-0.15, -0.1) is 0 Å². The summed E-state index contributed by atoms with van der Waals surface area (Å²) in [6.45, 7) is 11.7. The highest BCUT2D eigenvalue weighted by atomic mass is 31.2. The van der Waals surface area contributed by atoms with Crippen LogP contribution in [0.15, 0.2) is 24.3 Å². The van der Waals surface area contributed by atoms with E-state index in [0.29, 0.717) is 31.6 Å². The minimum Gasteiger partial charge on any atom is -0.462 e. The summed E-state index contributed by atoms with van der Waals surface area (Å²) in [6, 6.07) is 0. The topological polar surface area (TPSA) is 237 Å². The maximum atomic E-state index is 13.0. The molecule has 17 nitrogen and oxygen atoms in total. The number of unbranched alkanes of at least 4 members (excludes halogenated alkanes) is 32. The van der Waals surface area contributed by atoms with Crippen LogP contribution in [-0.4, -0.2) is 96.7 Å². The van der Waals surface area contributed by atoms with E-state index in [1.54, 1.807) is 0 Å². The van der Waals surface area contributed by atoms with Crippen LogP contribution in [0.5, 0.6) is 0 Å². The van der Waals surface area contributed by atoms with Crippen LogP contribution in [0.1, 0.15) is 337 Å². The van der Waals surface area contributed by atoms with Gasteiger partial charge in [-0.1, -0.05) is 285 Å². The SMILES string of the molecule is CCCCCC/C=C\C=C/CCCCCCCC(=O)OC[C@H](COP(=O)(O)OCC(O)COP(=O)(O)OC[C@@H](COC(=O)CCCCCCCCCC(C)C)OC(=O)CCCCCCCCC(C)CC)OC(=O)CCCCCCCCCCCCCCCC(C)C. The second-order valence-electron chi connectivity index (χ2n) is 26.5. The summed E-state index contributed by atoms with van der Waals surface area (Å²) < 4.78 is 68.3. The number of esters is 4. The normalized spacial score (nSPS) is 14.6. The molecule has 536 valence electrons. The molecule has 0 aromatic heterocycles. The lowest BCUT2D eigenvalue weighted by Gasteiger charge is -2.21. The zero-order valence-electron chi connectivity index (χ0n) is 58.8. The highest BCUT2D eigenvalue weighted by Crippen LogP contribution is 2.45. The Hall–Kier alpha value is -2.46. The van der Waals surface area contributed by atoms with Crippen LogP contribution in [0.3, 0.4) is 0 Å². The van der Waals surface area contributed by atoms with Gasteiger partial charge in [0, 0.05) is 25.7 Å². The van der Waals surface area contributed by atoms with Crippen LogP contribution < -0.4 is 0 Å². The third kappa shape index (κ3) is 64.6. The Labute approximate surface area is 554 Å². The maximum Gasteiger partial charge on any atom is 0.472 e. The van der Waals surface area contributed by atoms with E-state index < -0.39 is 97.5 Å². The molecule has 4 unspecified atom stereocenters. The summed E-state index contributed by atoms with van der Waals surface area (Å²) in [4.78, 5) is 72.6. The highest BCUT2D eigenvalue weighted by Gasteiger charge is 2.30. The molecular weight excluding hydrogens is 1200 g/mol. The second kappa shape index (κ2) is 62.4. The van der Waals surface area contributed by atoms with Gasteiger partial charge in [-0.2, -0.15) is 0 Å². The lowest BCUT2D eigenvalue weighted by molar-refractivity contribution is -0.161. The summed E-state index contributed by atoms with van der Waals surface area (Å²) in [5.74, 6) is 0.0481. The van der Waals surface area contributed by atoms with E-state index in [1.807, 2.05) is 0 Å². The predicted molar refractivity (Wildman–Crippen MR) is 367 cm³/mol. The van der Waals surface area contributed by atoms with Gasteiger partial charge in [0.2, 0.25) is 0 Å². The molecule has 3 N–H and O–H groups in total. The van der Waals surface area contributed by atoms with Crippen molar-refractivity contribution in [1.82, 2.24) is 0 Å². The van der Waals surface area contributed by atoms with Crippen molar-refractivity contribution in [3.63, 3.8) is 0 Å². The monoisotopic (exact) mass is 1330 g/mol. The van der Waals surface area contributed by atoms with Crippen LogP contribution >= 0.6 is 15.6 Å². The van der Waals surface area contributed by atoms with Crippen molar-refractivity contribution < 1.29 is 80.2 Å². The fraction of sp³-hybridized carbons (Fsp3) is 0.889. The van der Waals surface area contributed by atoms with Crippen molar-refractivity contribution in [2.24, 2.45) is 17.8 Å². The van der Waals surface area contributed by atoms with Crippen LogP contribution in [0.25, 0.3) is 0 Å². The molecule has 0 spiro atoms. The summed E-state index contributed by atoms with van der Waals surface area (Å²) in [5.41, 5.74) is 0. The minimum absolute atomic E-state index is 0.0996. The lowest BCUT2D eigenvalue weighted by atomic mass is 10.00. The summed E-state index contributed by atoms with van der Waals surface area (Å²) in [6.07, 6.45) is 49.5. The average Bonchev–Trinajstić information content (AvgIpc) is 3.35. The van der Waals surface area contributed by atoms with Gasteiger partial charge in [0.25, 0.3) is 0 Å². The Morgan fingerprint density at radius 1 is 0.363 bits per heavy atom.